The van der Waals surface area contributed by atoms with E-state index in [0.29, 0.717) is 23.4 Å². The number of hydrogen-bond acceptors (Lipinski definition) is 4. The minimum atomic E-state index is -0.842. The number of aromatic nitrogens is 3. The van der Waals surface area contributed by atoms with Crippen molar-refractivity contribution in [1.82, 2.24) is 14.2 Å². The van der Waals surface area contributed by atoms with E-state index >= 15 is 0 Å². The molecular formula is C22H20FN3O3. The Hall–Kier alpha value is -3.45. The molecule has 0 aliphatic carbocycles. The Bertz CT molecular complexity index is 1180. The van der Waals surface area contributed by atoms with E-state index < -0.39 is 6.10 Å². The zero-order valence-corrected chi connectivity index (χ0v) is 15.8. The maximum atomic E-state index is 13.1. The molecule has 148 valence electrons. The summed E-state index contributed by atoms with van der Waals surface area (Å²) in [7, 11) is 0. The first-order valence-electron chi connectivity index (χ1n) is 9.30. The number of fused-ring (bicyclic) bond motifs is 1. The zero-order valence-electron chi connectivity index (χ0n) is 15.8. The van der Waals surface area contributed by atoms with Gasteiger partial charge in [0.15, 0.2) is 0 Å². The summed E-state index contributed by atoms with van der Waals surface area (Å²) in [5.41, 5.74) is 2.10. The highest BCUT2D eigenvalue weighted by Gasteiger charge is 2.13. The van der Waals surface area contributed by atoms with Crippen molar-refractivity contribution < 1.29 is 14.2 Å². The molecule has 4 aromatic rings. The Morgan fingerprint density at radius 2 is 1.83 bits per heavy atom. The van der Waals surface area contributed by atoms with Gasteiger partial charge in [-0.05, 0) is 55.0 Å². The van der Waals surface area contributed by atoms with Crippen LogP contribution in [0.2, 0.25) is 0 Å². The van der Waals surface area contributed by atoms with Gasteiger partial charge in [-0.15, -0.1) is 0 Å². The number of halogens is 1. The molecule has 0 aliphatic rings. The van der Waals surface area contributed by atoms with Crippen molar-refractivity contribution >= 4 is 5.52 Å². The van der Waals surface area contributed by atoms with Crippen LogP contribution in [0.3, 0.4) is 0 Å². The van der Waals surface area contributed by atoms with Gasteiger partial charge in [-0.2, -0.15) is 5.10 Å². The molecule has 6 nitrogen and oxygen atoms in total. The Kier molecular flexibility index (Phi) is 5.14. The Labute approximate surface area is 166 Å². The van der Waals surface area contributed by atoms with E-state index in [-0.39, 0.29) is 17.9 Å². The van der Waals surface area contributed by atoms with Crippen LogP contribution < -0.4 is 10.3 Å². The molecule has 29 heavy (non-hydrogen) atoms. The summed E-state index contributed by atoms with van der Waals surface area (Å²) in [4.78, 5) is 12.8. The lowest BCUT2D eigenvalue weighted by molar-refractivity contribution is 0.155. The van der Waals surface area contributed by atoms with Crippen LogP contribution in [-0.4, -0.2) is 25.9 Å². The number of rotatable bonds is 6. The highest BCUT2D eigenvalue weighted by Crippen LogP contribution is 2.20. The third-order valence-corrected chi connectivity index (χ3v) is 4.69. The summed E-state index contributed by atoms with van der Waals surface area (Å²) in [6.45, 7) is 2.59. The van der Waals surface area contributed by atoms with Crippen LogP contribution >= 0.6 is 0 Å². The van der Waals surface area contributed by atoms with E-state index in [9.17, 15) is 14.3 Å². The molecule has 0 radical (unpaired) electrons. The highest BCUT2D eigenvalue weighted by molar-refractivity contribution is 5.65. The Morgan fingerprint density at radius 3 is 2.52 bits per heavy atom. The third kappa shape index (κ3) is 3.90. The van der Waals surface area contributed by atoms with Crippen LogP contribution in [0, 0.1) is 5.82 Å². The van der Waals surface area contributed by atoms with Gasteiger partial charge in [0.2, 0.25) is 0 Å². The van der Waals surface area contributed by atoms with Crippen LogP contribution in [0.1, 0.15) is 18.6 Å². The van der Waals surface area contributed by atoms with E-state index in [4.69, 9.17) is 4.74 Å². The predicted molar refractivity (Wildman–Crippen MR) is 107 cm³/mol. The average Bonchev–Trinajstić information content (AvgIpc) is 3.16. The van der Waals surface area contributed by atoms with Gasteiger partial charge in [-0.25, -0.2) is 8.91 Å². The maximum absolute atomic E-state index is 13.1. The quantitative estimate of drug-likeness (QED) is 0.545. The molecule has 4 rings (SSSR count). The number of benzene rings is 2. The van der Waals surface area contributed by atoms with Gasteiger partial charge in [0.1, 0.15) is 17.1 Å². The fraction of sp³-hybridized carbons (Fsp3) is 0.182. The largest absolute Gasteiger partial charge is 0.494 e. The molecule has 0 unspecified atom stereocenters. The van der Waals surface area contributed by atoms with Crippen molar-refractivity contribution in [3.63, 3.8) is 0 Å². The summed E-state index contributed by atoms with van der Waals surface area (Å²) in [5, 5.41) is 14.9. The fourth-order valence-electron chi connectivity index (χ4n) is 3.18. The first-order valence-corrected chi connectivity index (χ1v) is 9.30. The summed E-state index contributed by atoms with van der Waals surface area (Å²) in [6.07, 6.45) is 2.41. The standard InChI is InChI=1S/C22H20FN3O3/c1-2-29-18-9-5-16(6-10-18)21(27)14-25-11-12-26-20(22(25)28)13-19(24-26)15-3-7-17(23)8-4-15/h3-13,21,27H,2,14H2,1H3/t21-/m0/s1. The van der Waals surface area contributed by atoms with Gasteiger partial charge in [0.25, 0.3) is 5.56 Å². The number of ether oxygens (including phenoxy) is 1. The second-order valence-corrected chi connectivity index (χ2v) is 6.64. The molecule has 0 saturated carbocycles. The van der Waals surface area contributed by atoms with Gasteiger partial charge in [-0.3, -0.25) is 4.79 Å². The van der Waals surface area contributed by atoms with Gasteiger partial charge >= 0.3 is 0 Å². The molecule has 1 N–H and O–H groups in total. The zero-order chi connectivity index (χ0) is 20.4. The lowest BCUT2D eigenvalue weighted by Gasteiger charge is -2.14. The normalized spacial score (nSPS) is 12.2. The number of hydrogen-bond donors (Lipinski definition) is 1. The number of aliphatic hydroxyl groups excluding tert-OH is 1. The van der Waals surface area contributed by atoms with Crippen molar-refractivity contribution in [2.24, 2.45) is 0 Å². The molecule has 0 amide bonds. The van der Waals surface area contributed by atoms with Gasteiger partial charge < -0.3 is 14.4 Å². The molecule has 0 spiro atoms. The van der Waals surface area contributed by atoms with E-state index in [1.54, 1.807) is 54.9 Å². The van der Waals surface area contributed by atoms with Crippen LogP contribution in [0.4, 0.5) is 4.39 Å². The summed E-state index contributed by atoms with van der Waals surface area (Å²) in [5.74, 6) is 0.401. The molecule has 0 fully saturated rings. The van der Waals surface area contributed by atoms with Crippen LogP contribution in [0.15, 0.2) is 71.8 Å². The fourth-order valence-corrected chi connectivity index (χ4v) is 3.18. The van der Waals surface area contributed by atoms with Crippen LogP contribution in [0.5, 0.6) is 5.75 Å². The molecule has 2 aromatic carbocycles. The lowest BCUT2D eigenvalue weighted by Crippen LogP contribution is -2.24. The molecule has 7 heteroatoms. The Balaban J connectivity index is 1.60. The summed E-state index contributed by atoms with van der Waals surface area (Å²) >= 11 is 0. The molecule has 0 aliphatic heterocycles. The lowest BCUT2D eigenvalue weighted by atomic mass is 10.1. The molecule has 1 atom stereocenters. The molecule has 0 saturated heterocycles. The van der Waals surface area contributed by atoms with Crippen molar-refractivity contribution in [1.29, 1.82) is 0 Å². The second-order valence-electron chi connectivity index (χ2n) is 6.64. The molecule has 2 heterocycles. The van der Waals surface area contributed by atoms with Gasteiger partial charge in [0, 0.05) is 18.0 Å². The van der Waals surface area contributed by atoms with E-state index in [1.807, 2.05) is 6.92 Å². The monoisotopic (exact) mass is 393 g/mol. The maximum Gasteiger partial charge on any atom is 0.276 e. The van der Waals surface area contributed by atoms with Gasteiger partial charge in [-0.1, -0.05) is 12.1 Å². The molecular weight excluding hydrogens is 373 g/mol. The van der Waals surface area contributed by atoms with E-state index in [0.717, 1.165) is 11.3 Å². The summed E-state index contributed by atoms with van der Waals surface area (Å²) in [6, 6.07) is 14.7. The first-order chi connectivity index (χ1) is 14.0. The predicted octanol–water partition coefficient (Wildman–Crippen LogP) is 3.43. The van der Waals surface area contributed by atoms with Crippen LogP contribution in [-0.2, 0) is 6.54 Å². The van der Waals surface area contributed by atoms with Gasteiger partial charge in [0.05, 0.1) is 24.9 Å². The minimum absolute atomic E-state index is 0.111. The molecule has 0 bridgehead atoms. The first kappa shape index (κ1) is 18.9. The number of nitrogens with zero attached hydrogens (tertiary/aromatic N) is 3. The SMILES string of the molecule is CCOc1ccc([C@@H](O)Cn2ccn3nc(-c4ccc(F)cc4)cc3c2=O)cc1. The van der Waals surface area contributed by atoms with Crippen molar-refractivity contribution in [2.45, 2.75) is 19.6 Å². The van der Waals surface area contributed by atoms with E-state index in [2.05, 4.69) is 5.10 Å². The topological polar surface area (TPSA) is 68.8 Å². The Morgan fingerprint density at radius 1 is 1.10 bits per heavy atom. The van der Waals surface area contributed by atoms with Crippen LogP contribution in [0.25, 0.3) is 16.8 Å². The van der Waals surface area contributed by atoms with Crippen molar-refractivity contribution in [3.8, 4) is 17.0 Å². The number of aliphatic hydroxyl groups is 1. The second kappa shape index (κ2) is 7.89. The van der Waals surface area contributed by atoms with E-state index in [1.165, 1.54) is 21.2 Å². The minimum Gasteiger partial charge on any atom is -0.494 e. The highest BCUT2D eigenvalue weighted by atomic mass is 19.1. The molecule has 2 aromatic heterocycles. The smallest absolute Gasteiger partial charge is 0.276 e. The van der Waals surface area contributed by atoms with Crippen molar-refractivity contribution in [3.05, 3.63) is 88.7 Å². The third-order valence-electron chi connectivity index (χ3n) is 4.69. The average molecular weight is 393 g/mol. The van der Waals surface area contributed by atoms with Crippen molar-refractivity contribution in [2.75, 3.05) is 6.61 Å². The summed E-state index contributed by atoms with van der Waals surface area (Å²) < 4.78 is 21.5.